The predicted octanol–water partition coefficient (Wildman–Crippen LogP) is 3.32. The van der Waals surface area contributed by atoms with Gasteiger partial charge in [0.25, 0.3) is 5.91 Å². The molecule has 0 aliphatic carbocycles. The van der Waals surface area contributed by atoms with Gasteiger partial charge in [0.05, 0.1) is 17.6 Å². The molecule has 0 spiro atoms. The van der Waals surface area contributed by atoms with Gasteiger partial charge in [-0.15, -0.1) is 0 Å². The third-order valence-corrected chi connectivity index (χ3v) is 5.54. The number of hydrogen-bond acceptors (Lipinski definition) is 5. The highest BCUT2D eigenvalue weighted by molar-refractivity contribution is 6.09. The lowest BCUT2D eigenvalue weighted by atomic mass is 9.89. The molecule has 2 N–H and O–H groups in total. The number of rotatable bonds is 2. The summed E-state index contributed by atoms with van der Waals surface area (Å²) in [6.07, 6.45) is -1.11. The maximum atomic E-state index is 14.5. The largest absolute Gasteiger partial charge is 0.436 e. The van der Waals surface area contributed by atoms with E-state index >= 15 is 0 Å². The van der Waals surface area contributed by atoms with E-state index in [9.17, 15) is 22.4 Å². The summed E-state index contributed by atoms with van der Waals surface area (Å²) < 4.78 is 53.6. The molecule has 1 amide bonds. The first-order chi connectivity index (χ1) is 14.7. The van der Waals surface area contributed by atoms with Crippen LogP contribution in [0.1, 0.15) is 41.0 Å². The number of nitrogens with zero attached hydrogens (tertiary/aromatic N) is 4. The van der Waals surface area contributed by atoms with Crippen LogP contribution in [-0.2, 0) is 6.18 Å². The summed E-state index contributed by atoms with van der Waals surface area (Å²) in [5, 5.41) is 17.0. The SMILES string of the molecule is N=C(c1ccccn1)N1CC2CCCC(C1=N)N2C(=O)c1ccnc(C(F)(F)F)c1F. The number of fused-ring (bicyclic) bond motifs is 2. The first-order valence-corrected chi connectivity index (χ1v) is 9.60. The van der Waals surface area contributed by atoms with E-state index in [1.807, 2.05) is 0 Å². The molecule has 2 atom stereocenters. The molecular formula is C20H18F4N6O. The van der Waals surface area contributed by atoms with Crippen LogP contribution in [0.5, 0.6) is 0 Å². The topological polar surface area (TPSA) is 97.0 Å². The number of alkyl halides is 3. The summed E-state index contributed by atoms with van der Waals surface area (Å²) in [7, 11) is 0. The first kappa shape index (κ1) is 20.9. The van der Waals surface area contributed by atoms with E-state index in [4.69, 9.17) is 10.8 Å². The molecule has 2 aliphatic rings. The van der Waals surface area contributed by atoms with Crippen molar-refractivity contribution in [1.29, 1.82) is 10.8 Å². The minimum absolute atomic E-state index is 0.00375. The van der Waals surface area contributed by atoms with Gasteiger partial charge in [-0.2, -0.15) is 13.2 Å². The molecule has 7 nitrogen and oxygen atoms in total. The van der Waals surface area contributed by atoms with Crippen molar-refractivity contribution in [2.24, 2.45) is 0 Å². The number of aromatic nitrogens is 2. The van der Waals surface area contributed by atoms with Crippen LogP contribution in [-0.4, -0.2) is 56.0 Å². The first-order valence-electron chi connectivity index (χ1n) is 9.60. The van der Waals surface area contributed by atoms with Gasteiger partial charge >= 0.3 is 6.18 Å². The zero-order valence-corrected chi connectivity index (χ0v) is 16.2. The van der Waals surface area contributed by atoms with Crippen LogP contribution in [0.4, 0.5) is 17.6 Å². The van der Waals surface area contributed by atoms with Crippen molar-refractivity contribution in [1.82, 2.24) is 19.8 Å². The number of amidine groups is 2. The van der Waals surface area contributed by atoms with Gasteiger partial charge < -0.3 is 9.80 Å². The molecule has 4 heterocycles. The van der Waals surface area contributed by atoms with Crippen molar-refractivity contribution in [2.45, 2.75) is 37.5 Å². The Kier molecular flexibility index (Phi) is 5.19. The quantitative estimate of drug-likeness (QED) is 0.431. The Balaban J connectivity index is 1.65. The number of hydrogen-bond donors (Lipinski definition) is 2. The van der Waals surface area contributed by atoms with Gasteiger partial charge in [0.2, 0.25) is 0 Å². The van der Waals surface area contributed by atoms with Gasteiger partial charge in [0.15, 0.2) is 17.3 Å². The fourth-order valence-corrected chi connectivity index (χ4v) is 4.12. The summed E-state index contributed by atoms with van der Waals surface area (Å²) in [6, 6.07) is 4.72. The third-order valence-electron chi connectivity index (χ3n) is 5.54. The Hall–Kier alpha value is -3.37. The number of amides is 1. The van der Waals surface area contributed by atoms with Crippen LogP contribution in [0.15, 0.2) is 36.7 Å². The van der Waals surface area contributed by atoms with Crippen LogP contribution in [0, 0.1) is 16.6 Å². The second-order valence-electron chi connectivity index (χ2n) is 7.39. The molecule has 0 saturated carbocycles. The number of likely N-dealkylation sites (tertiary alicyclic amines) is 1. The third kappa shape index (κ3) is 3.64. The molecule has 2 aliphatic heterocycles. The van der Waals surface area contributed by atoms with Crippen molar-refractivity contribution in [3.63, 3.8) is 0 Å². The second kappa shape index (κ2) is 7.71. The number of piperazine rings is 1. The number of piperidine rings is 1. The average Bonchev–Trinajstić information content (AvgIpc) is 2.75. The highest BCUT2D eigenvalue weighted by Crippen LogP contribution is 2.34. The molecule has 162 valence electrons. The van der Waals surface area contributed by atoms with E-state index in [0.29, 0.717) is 25.0 Å². The van der Waals surface area contributed by atoms with Crippen molar-refractivity contribution in [3.05, 3.63) is 59.4 Å². The molecule has 0 radical (unpaired) electrons. The highest BCUT2D eigenvalue weighted by Gasteiger charge is 2.46. The van der Waals surface area contributed by atoms with Crippen LogP contribution < -0.4 is 0 Å². The Morgan fingerprint density at radius 1 is 1.13 bits per heavy atom. The molecular weight excluding hydrogens is 416 g/mol. The zero-order valence-electron chi connectivity index (χ0n) is 16.2. The predicted molar refractivity (Wildman–Crippen MR) is 102 cm³/mol. The van der Waals surface area contributed by atoms with E-state index in [1.54, 1.807) is 18.2 Å². The summed E-state index contributed by atoms with van der Waals surface area (Å²) in [6.45, 7) is 0.106. The Morgan fingerprint density at radius 2 is 1.90 bits per heavy atom. The minimum atomic E-state index is -5.03. The Bertz CT molecular complexity index is 1040. The summed E-state index contributed by atoms with van der Waals surface area (Å²) >= 11 is 0. The molecule has 2 aromatic heterocycles. The van der Waals surface area contributed by atoms with Crippen LogP contribution in [0.2, 0.25) is 0 Å². The van der Waals surface area contributed by atoms with Crippen molar-refractivity contribution < 1.29 is 22.4 Å². The Labute approximate surface area is 174 Å². The van der Waals surface area contributed by atoms with E-state index in [2.05, 4.69) is 9.97 Å². The molecule has 2 aromatic rings. The standard InChI is InChI=1S/C20H18F4N6O/c21-15-12(7-9-28-16(15)20(22,23)24)19(31)30-11-4-3-6-14(30)18(26)29(10-11)17(25)13-5-1-2-8-27-13/h1-2,5,7-9,11,14,25-26H,3-4,6,10H2. The Morgan fingerprint density at radius 3 is 2.58 bits per heavy atom. The summed E-state index contributed by atoms with van der Waals surface area (Å²) in [5.74, 6) is -2.66. The molecule has 31 heavy (non-hydrogen) atoms. The van der Waals surface area contributed by atoms with Gasteiger partial charge in [-0.1, -0.05) is 6.07 Å². The van der Waals surface area contributed by atoms with Gasteiger partial charge in [0.1, 0.15) is 11.5 Å². The van der Waals surface area contributed by atoms with Gasteiger partial charge in [-0.25, -0.2) is 9.37 Å². The van der Waals surface area contributed by atoms with Gasteiger partial charge in [0, 0.05) is 18.9 Å². The highest BCUT2D eigenvalue weighted by atomic mass is 19.4. The average molecular weight is 434 g/mol. The summed E-state index contributed by atoms with van der Waals surface area (Å²) in [5.41, 5.74) is -2.10. The second-order valence-corrected chi connectivity index (χ2v) is 7.39. The monoisotopic (exact) mass is 434 g/mol. The number of nitrogens with one attached hydrogen (secondary N) is 2. The molecule has 2 fully saturated rings. The minimum Gasteiger partial charge on any atom is -0.324 e. The van der Waals surface area contributed by atoms with Crippen molar-refractivity contribution >= 4 is 17.6 Å². The maximum absolute atomic E-state index is 14.5. The maximum Gasteiger partial charge on any atom is 0.436 e. The van der Waals surface area contributed by atoms with Crippen LogP contribution in [0.25, 0.3) is 0 Å². The van der Waals surface area contributed by atoms with Crippen LogP contribution in [0.3, 0.4) is 0 Å². The van der Waals surface area contributed by atoms with Crippen LogP contribution >= 0.6 is 0 Å². The number of pyridine rings is 2. The molecule has 4 rings (SSSR count). The lowest BCUT2D eigenvalue weighted by Gasteiger charge is -2.50. The normalized spacial score (nSPS) is 21.2. The summed E-state index contributed by atoms with van der Waals surface area (Å²) in [4.78, 5) is 23.0. The molecule has 0 aromatic carbocycles. The van der Waals surface area contributed by atoms with E-state index in [0.717, 1.165) is 12.3 Å². The molecule has 2 unspecified atom stereocenters. The number of carbonyl (C=O) groups excluding carboxylic acids is 1. The molecule has 11 heteroatoms. The fourth-order valence-electron chi connectivity index (χ4n) is 4.12. The lowest BCUT2D eigenvalue weighted by molar-refractivity contribution is -0.143. The van der Waals surface area contributed by atoms with Gasteiger partial charge in [-0.05, 0) is 37.5 Å². The van der Waals surface area contributed by atoms with Crippen molar-refractivity contribution in [3.8, 4) is 0 Å². The van der Waals surface area contributed by atoms with Gasteiger partial charge in [-0.3, -0.25) is 20.6 Å². The number of halogens is 4. The van der Waals surface area contributed by atoms with E-state index in [-0.39, 0.29) is 18.2 Å². The fraction of sp³-hybridized carbons (Fsp3) is 0.350. The zero-order chi connectivity index (χ0) is 22.3. The number of carbonyl (C=O) groups is 1. The van der Waals surface area contributed by atoms with E-state index < -0.39 is 41.2 Å². The van der Waals surface area contributed by atoms with Crippen molar-refractivity contribution in [2.75, 3.05) is 6.54 Å². The van der Waals surface area contributed by atoms with E-state index in [1.165, 1.54) is 16.0 Å². The molecule has 2 bridgehead atoms. The lowest BCUT2D eigenvalue weighted by Crippen LogP contribution is -2.66. The smallest absolute Gasteiger partial charge is 0.324 e. The molecule has 2 saturated heterocycles.